The van der Waals surface area contributed by atoms with Crippen molar-refractivity contribution in [2.24, 2.45) is 5.73 Å². The Morgan fingerprint density at radius 2 is 2.13 bits per heavy atom. The van der Waals surface area contributed by atoms with Crippen LogP contribution in [-0.2, 0) is 0 Å². The first-order chi connectivity index (χ1) is 6.88. The zero-order valence-electron chi connectivity index (χ0n) is 7.55. The fourth-order valence-corrected chi connectivity index (χ4v) is 1.75. The van der Waals surface area contributed by atoms with E-state index in [1.807, 2.05) is 0 Å². The zero-order valence-corrected chi connectivity index (χ0v) is 9.89. The molecule has 0 aliphatic rings. The number of halogens is 4. The van der Waals surface area contributed by atoms with Gasteiger partial charge in [-0.3, -0.25) is 0 Å². The Kier molecular flexibility index (Phi) is 4.06. The Hall–Kier alpha value is -0.230. The number of rotatable bonds is 3. The van der Waals surface area contributed by atoms with Crippen molar-refractivity contribution >= 4 is 27.5 Å². The van der Waals surface area contributed by atoms with Crippen molar-refractivity contribution in [3.05, 3.63) is 33.3 Å². The van der Waals surface area contributed by atoms with E-state index in [1.54, 1.807) is 6.07 Å². The Balaban J connectivity index is 3.10. The summed E-state index contributed by atoms with van der Waals surface area (Å²) in [5.74, 6) is -3.37. The van der Waals surface area contributed by atoms with Crippen LogP contribution in [0.1, 0.15) is 11.6 Å². The van der Waals surface area contributed by atoms with E-state index in [0.29, 0.717) is 9.50 Å². The molecule has 0 radical (unpaired) electrons. The van der Waals surface area contributed by atoms with Crippen LogP contribution in [0, 0.1) is 0 Å². The lowest BCUT2D eigenvalue weighted by atomic mass is 10.0. The minimum Gasteiger partial charge on any atom is -0.390 e. The average Bonchev–Trinajstić information content (AvgIpc) is 2.20. The normalized spacial score (nSPS) is 14.0. The van der Waals surface area contributed by atoms with E-state index >= 15 is 0 Å². The van der Waals surface area contributed by atoms with Gasteiger partial charge < -0.3 is 10.8 Å². The predicted molar refractivity (Wildman–Crippen MR) is 58.1 cm³/mol. The first-order valence-electron chi connectivity index (χ1n) is 4.07. The van der Waals surface area contributed by atoms with E-state index in [0.717, 1.165) is 0 Å². The maximum absolute atomic E-state index is 13.1. The number of aliphatic hydroxyl groups excluding tert-OH is 1. The number of hydrogen-bond acceptors (Lipinski definition) is 2. The van der Waals surface area contributed by atoms with E-state index in [9.17, 15) is 8.78 Å². The summed E-state index contributed by atoms with van der Waals surface area (Å²) < 4.78 is 26.6. The van der Waals surface area contributed by atoms with Gasteiger partial charge in [0.2, 0.25) is 0 Å². The molecule has 0 spiro atoms. The van der Waals surface area contributed by atoms with Crippen molar-refractivity contribution < 1.29 is 13.9 Å². The highest BCUT2D eigenvalue weighted by Gasteiger charge is 2.38. The maximum atomic E-state index is 13.1. The summed E-state index contributed by atoms with van der Waals surface area (Å²) in [5.41, 5.74) is 5.52. The number of hydrogen-bond donors (Lipinski definition) is 2. The van der Waals surface area contributed by atoms with Crippen molar-refractivity contribution in [2.45, 2.75) is 12.0 Å². The molecule has 0 fully saturated rings. The maximum Gasteiger partial charge on any atom is 0.289 e. The van der Waals surface area contributed by atoms with Gasteiger partial charge in [-0.25, -0.2) is 8.78 Å². The van der Waals surface area contributed by atoms with Crippen LogP contribution in [-0.4, -0.2) is 17.6 Å². The highest BCUT2D eigenvalue weighted by molar-refractivity contribution is 9.10. The van der Waals surface area contributed by atoms with Gasteiger partial charge in [0.25, 0.3) is 5.92 Å². The molecular formula is C9H9BrClF2NO. The van der Waals surface area contributed by atoms with Crippen LogP contribution in [0.2, 0.25) is 5.02 Å². The lowest BCUT2D eigenvalue weighted by molar-refractivity contribution is -0.0713. The fourth-order valence-electron chi connectivity index (χ4n) is 1.08. The molecule has 0 aromatic heterocycles. The summed E-state index contributed by atoms with van der Waals surface area (Å²) in [6.07, 6.45) is 0. The quantitative estimate of drug-likeness (QED) is 0.901. The number of benzene rings is 1. The molecule has 1 aromatic rings. The van der Waals surface area contributed by atoms with Gasteiger partial charge in [-0.2, -0.15) is 0 Å². The summed E-state index contributed by atoms with van der Waals surface area (Å²) in [6, 6.07) is 2.85. The molecule has 1 atom stereocenters. The molecule has 1 rings (SSSR count). The van der Waals surface area contributed by atoms with Crippen LogP contribution in [0.5, 0.6) is 0 Å². The largest absolute Gasteiger partial charge is 0.390 e. The molecule has 84 valence electrons. The zero-order chi connectivity index (χ0) is 11.6. The predicted octanol–water partition coefficient (Wildman–Crippen LogP) is 2.73. The summed E-state index contributed by atoms with van der Waals surface area (Å²) in [5, 5.41) is 8.82. The van der Waals surface area contributed by atoms with Crippen LogP contribution in [0.4, 0.5) is 8.78 Å². The van der Waals surface area contributed by atoms with Gasteiger partial charge in [0, 0.05) is 9.50 Å². The van der Waals surface area contributed by atoms with E-state index < -0.39 is 18.6 Å². The van der Waals surface area contributed by atoms with Crippen molar-refractivity contribution in [3.63, 3.8) is 0 Å². The third kappa shape index (κ3) is 2.87. The molecule has 0 bridgehead atoms. The molecule has 0 amide bonds. The summed E-state index contributed by atoms with van der Waals surface area (Å²) in [7, 11) is 0. The average molecular weight is 301 g/mol. The topological polar surface area (TPSA) is 46.2 Å². The van der Waals surface area contributed by atoms with Gasteiger partial charge in [-0.1, -0.05) is 27.5 Å². The Morgan fingerprint density at radius 1 is 1.53 bits per heavy atom. The number of aliphatic hydroxyl groups is 1. The van der Waals surface area contributed by atoms with Gasteiger partial charge in [0.15, 0.2) is 0 Å². The molecule has 0 aliphatic carbocycles. The third-order valence-electron chi connectivity index (χ3n) is 1.96. The summed E-state index contributed by atoms with van der Waals surface area (Å²) in [6.45, 7) is -1.30. The highest BCUT2D eigenvalue weighted by Crippen LogP contribution is 2.34. The second kappa shape index (κ2) is 4.74. The molecule has 3 N–H and O–H groups in total. The standard InChI is InChI=1S/C9H9BrClF2NO/c10-7-2-1-5(11)3-6(7)8(14)9(12,13)4-15/h1-3,8,15H,4,14H2/t8-/m1/s1. The van der Waals surface area contributed by atoms with Gasteiger partial charge in [-0.05, 0) is 23.8 Å². The van der Waals surface area contributed by atoms with Crippen LogP contribution < -0.4 is 5.73 Å². The van der Waals surface area contributed by atoms with E-state index in [2.05, 4.69) is 15.9 Å². The van der Waals surface area contributed by atoms with E-state index in [4.69, 9.17) is 22.4 Å². The third-order valence-corrected chi connectivity index (χ3v) is 2.92. The summed E-state index contributed by atoms with van der Waals surface area (Å²) in [4.78, 5) is 0. The smallest absolute Gasteiger partial charge is 0.289 e. The molecule has 1 aromatic carbocycles. The van der Waals surface area contributed by atoms with Gasteiger partial charge in [0.1, 0.15) is 6.61 Å². The van der Waals surface area contributed by atoms with Crippen LogP contribution in [0.3, 0.4) is 0 Å². The lowest BCUT2D eigenvalue weighted by Crippen LogP contribution is -2.36. The molecule has 0 aliphatic heterocycles. The molecular weight excluding hydrogens is 291 g/mol. The molecule has 6 heteroatoms. The molecule has 15 heavy (non-hydrogen) atoms. The second-order valence-electron chi connectivity index (χ2n) is 3.06. The molecule has 2 nitrogen and oxygen atoms in total. The van der Waals surface area contributed by atoms with Crippen molar-refractivity contribution in [1.82, 2.24) is 0 Å². The molecule has 0 saturated heterocycles. The Labute approximate surface area is 99.2 Å². The van der Waals surface area contributed by atoms with Crippen molar-refractivity contribution in [3.8, 4) is 0 Å². The first kappa shape index (κ1) is 12.8. The van der Waals surface area contributed by atoms with Crippen molar-refractivity contribution in [1.29, 1.82) is 0 Å². The van der Waals surface area contributed by atoms with Crippen molar-refractivity contribution in [2.75, 3.05) is 6.61 Å². The SMILES string of the molecule is N[C@H](c1cc(Cl)ccc1Br)C(F)(F)CO. The minimum atomic E-state index is -3.37. The Bertz CT molecular complexity index is 362. The monoisotopic (exact) mass is 299 g/mol. The van der Waals surface area contributed by atoms with E-state index in [-0.39, 0.29) is 5.56 Å². The minimum absolute atomic E-state index is 0.168. The second-order valence-corrected chi connectivity index (χ2v) is 4.35. The van der Waals surface area contributed by atoms with Gasteiger partial charge in [-0.15, -0.1) is 0 Å². The Morgan fingerprint density at radius 3 is 2.67 bits per heavy atom. The van der Waals surface area contributed by atoms with Crippen LogP contribution in [0.15, 0.2) is 22.7 Å². The van der Waals surface area contributed by atoms with Gasteiger partial charge in [0.05, 0.1) is 6.04 Å². The lowest BCUT2D eigenvalue weighted by Gasteiger charge is -2.22. The summed E-state index contributed by atoms with van der Waals surface area (Å²) >= 11 is 8.77. The molecule has 0 heterocycles. The van der Waals surface area contributed by atoms with E-state index in [1.165, 1.54) is 12.1 Å². The number of nitrogens with two attached hydrogens (primary N) is 1. The highest BCUT2D eigenvalue weighted by atomic mass is 79.9. The first-order valence-corrected chi connectivity index (χ1v) is 5.25. The van der Waals surface area contributed by atoms with Crippen LogP contribution >= 0.6 is 27.5 Å². The molecule has 0 unspecified atom stereocenters. The fraction of sp³-hybridized carbons (Fsp3) is 0.333. The molecule has 0 saturated carbocycles. The van der Waals surface area contributed by atoms with Gasteiger partial charge >= 0.3 is 0 Å². The number of alkyl halides is 2. The van der Waals surface area contributed by atoms with Crippen LogP contribution in [0.25, 0.3) is 0 Å².